The Morgan fingerprint density at radius 1 is 0.389 bits per heavy atom. The maximum Gasteiger partial charge on any atom is 0.0809 e. The Bertz CT molecular complexity index is 1340. The van der Waals surface area contributed by atoms with Crippen molar-refractivity contribution in [2.45, 2.75) is 9.79 Å². The molecule has 0 aliphatic rings. The summed E-state index contributed by atoms with van der Waals surface area (Å²) in [5.74, 6) is 0. The summed E-state index contributed by atoms with van der Waals surface area (Å²) < 4.78 is 6.52. The molecule has 0 amide bonds. The van der Waals surface area contributed by atoms with Crippen LogP contribution < -0.4 is 9.44 Å². The number of hydrogen-bond acceptors (Lipinski definition) is 4. The molecular formula is C22H8Cl10N2S2. The average molecular weight is 719 g/mol. The van der Waals surface area contributed by atoms with E-state index in [1.54, 1.807) is 0 Å². The number of halogens is 10. The van der Waals surface area contributed by atoms with Gasteiger partial charge in [0.05, 0.1) is 71.4 Å². The molecule has 0 unspecified atom stereocenters. The first-order valence-electron chi connectivity index (χ1n) is 9.44. The van der Waals surface area contributed by atoms with E-state index in [0.717, 1.165) is 46.0 Å². The standard InChI is InChI=1S/C22H8Cl10N2S2/c23-11-13(25)17(29)21(18(30)14(11)26)35-33-9-5-1-3-7-8(9)4-2-6-10(7)34-36-22-19(31)15(27)12(24)16(28)20(22)32/h1-6,33-34H. The van der Waals surface area contributed by atoms with Crippen LogP contribution in [0.3, 0.4) is 0 Å². The Labute approximate surface area is 265 Å². The lowest BCUT2D eigenvalue weighted by atomic mass is 10.1. The number of hydrogen-bond donors (Lipinski definition) is 2. The van der Waals surface area contributed by atoms with Crippen molar-refractivity contribution >= 4 is 162 Å². The lowest BCUT2D eigenvalue weighted by molar-refractivity contribution is 1.46. The molecule has 0 aliphatic heterocycles. The zero-order valence-electron chi connectivity index (χ0n) is 17.1. The largest absolute Gasteiger partial charge is 0.325 e. The average Bonchev–Trinajstić information content (AvgIpc) is 2.88. The van der Waals surface area contributed by atoms with E-state index in [2.05, 4.69) is 9.44 Å². The Morgan fingerprint density at radius 2 is 0.667 bits per heavy atom. The number of anilines is 2. The number of nitrogens with one attached hydrogen (secondary N) is 2. The van der Waals surface area contributed by atoms with Crippen LogP contribution in [-0.4, -0.2) is 0 Å². The van der Waals surface area contributed by atoms with Crippen molar-refractivity contribution in [1.82, 2.24) is 0 Å². The second kappa shape index (κ2) is 12.2. The van der Waals surface area contributed by atoms with Gasteiger partial charge in [-0.2, -0.15) is 0 Å². The quantitative estimate of drug-likeness (QED) is 0.118. The molecule has 36 heavy (non-hydrogen) atoms. The van der Waals surface area contributed by atoms with Crippen molar-refractivity contribution in [3.8, 4) is 0 Å². The molecule has 14 heteroatoms. The van der Waals surface area contributed by atoms with Gasteiger partial charge >= 0.3 is 0 Å². The first-order chi connectivity index (χ1) is 17.0. The normalized spacial score (nSPS) is 11.3. The van der Waals surface area contributed by atoms with Gasteiger partial charge in [-0.25, -0.2) is 0 Å². The molecule has 0 fully saturated rings. The van der Waals surface area contributed by atoms with Gasteiger partial charge in [0.1, 0.15) is 0 Å². The van der Waals surface area contributed by atoms with Crippen molar-refractivity contribution < 1.29 is 0 Å². The molecule has 0 bridgehead atoms. The van der Waals surface area contributed by atoms with Crippen molar-refractivity contribution in [1.29, 1.82) is 0 Å². The molecule has 0 saturated carbocycles. The van der Waals surface area contributed by atoms with Crippen LogP contribution in [0.4, 0.5) is 11.4 Å². The lowest BCUT2D eigenvalue weighted by Gasteiger charge is -2.16. The fourth-order valence-electron chi connectivity index (χ4n) is 3.05. The van der Waals surface area contributed by atoms with Gasteiger partial charge in [-0.05, 0) is 36.0 Å². The summed E-state index contributed by atoms with van der Waals surface area (Å²) >= 11 is 64.7. The summed E-state index contributed by atoms with van der Waals surface area (Å²) in [6.45, 7) is 0. The summed E-state index contributed by atoms with van der Waals surface area (Å²) in [6, 6.07) is 11.5. The summed E-state index contributed by atoms with van der Waals surface area (Å²) in [6.07, 6.45) is 0. The highest BCUT2D eigenvalue weighted by molar-refractivity contribution is 8.01. The third-order valence-corrected chi connectivity index (χ3v) is 11.7. The molecular weight excluding hydrogens is 711 g/mol. The molecule has 0 aliphatic carbocycles. The van der Waals surface area contributed by atoms with Gasteiger partial charge < -0.3 is 9.44 Å². The van der Waals surface area contributed by atoms with E-state index < -0.39 is 0 Å². The minimum Gasteiger partial charge on any atom is -0.325 e. The van der Waals surface area contributed by atoms with Crippen molar-refractivity contribution in [3.05, 3.63) is 86.6 Å². The first-order valence-corrected chi connectivity index (χ1v) is 14.9. The smallest absolute Gasteiger partial charge is 0.0809 e. The van der Waals surface area contributed by atoms with Crippen LogP contribution in [0.25, 0.3) is 10.8 Å². The Hall–Kier alpha value is 0.340. The molecule has 188 valence electrons. The number of fused-ring (bicyclic) bond motifs is 1. The third kappa shape index (κ3) is 5.63. The molecule has 0 saturated heterocycles. The van der Waals surface area contributed by atoms with Crippen molar-refractivity contribution in [2.24, 2.45) is 0 Å². The van der Waals surface area contributed by atoms with Crippen LogP contribution in [0.5, 0.6) is 0 Å². The molecule has 0 aromatic heterocycles. The molecule has 4 aromatic rings. The predicted octanol–water partition coefficient (Wildman–Crippen LogP) is 13.6. The van der Waals surface area contributed by atoms with Gasteiger partial charge in [-0.1, -0.05) is 140 Å². The number of benzene rings is 4. The molecule has 0 radical (unpaired) electrons. The summed E-state index contributed by atoms with van der Waals surface area (Å²) in [7, 11) is 0. The van der Waals surface area contributed by atoms with Crippen LogP contribution >= 0.6 is 140 Å². The molecule has 0 spiro atoms. The van der Waals surface area contributed by atoms with E-state index in [9.17, 15) is 0 Å². The lowest BCUT2D eigenvalue weighted by Crippen LogP contribution is -1.94. The van der Waals surface area contributed by atoms with E-state index in [0.29, 0.717) is 9.79 Å². The maximum absolute atomic E-state index is 6.36. The van der Waals surface area contributed by atoms with E-state index in [4.69, 9.17) is 116 Å². The number of rotatable bonds is 6. The fraction of sp³-hybridized carbons (Fsp3) is 0. The fourth-order valence-corrected chi connectivity index (χ4v) is 7.56. The van der Waals surface area contributed by atoms with Crippen molar-refractivity contribution in [3.63, 3.8) is 0 Å². The van der Waals surface area contributed by atoms with Crippen LogP contribution in [0.15, 0.2) is 46.2 Å². The van der Waals surface area contributed by atoms with E-state index >= 15 is 0 Å². The molecule has 2 N–H and O–H groups in total. The minimum atomic E-state index is 0.0968. The zero-order valence-corrected chi connectivity index (χ0v) is 26.3. The van der Waals surface area contributed by atoms with Crippen molar-refractivity contribution in [2.75, 3.05) is 9.44 Å². The highest BCUT2D eigenvalue weighted by atomic mass is 35.5. The minimum absolute atomic E-state index is 0.0968. The summed E-state index contributed by atoms with van der Waals surface area (Å²) in [5.41, 5.74) is 1.57. The van der Waals surface area contributed by atoms with E-state index in [1.165, 1.54) is 0 Å². The Balaban J connectivity index is 1.64. The third-order valence-electron chi connectivity index (χ3n) is 4.79. The molecule has 0 heterocycles. The van der Waals surface area contributed by atoms with E-state index in [-0.39, 0.29) is 50.2 Å². The highest BCUT2D eigenvalue weighted by Crippen LogP contribution is 2.49. The van der Waals surface area contributed by atoms with Gasteiger partial charge in [0.25, 0.3) is 0 Å². The van der Waals surface area contributed by atoms with E-state index in [1.807, 2.05) is 36.4 Å². The summed E-state index contributed by atoms with van der Waals surface area (Å²) in [5, 5.41) is 3.27. The molecule has 0 atom stereocenters. The van der Waals surface area contributed by atoms with Gasteiger partial charge in [0.2, 0.25) is 0 Å². The van der Waals surface area contributed by atoms with Gasteiger partial charge in [-0.3, -0.25) is 0 Å². The zero-order chi connectivity index (χ0) is 26.3. The van der Waals surface area contributed by atoms with Crippen LogP contribution in [0.2, 0.25) is 50.2 Å². The summed E-state index contributed by atoms with van der Waals surface area (Å²) in [4.78, 5) is 0.890. The molecule has 4 rings (SSSR count). The van der Waals surface area contributed by atoms with Gasteiger partial charge in [0.15, 0.2) is 0 Å². The monoisotopic (exact) mass is 714 g/mol. The Kier molecular flexibility index (Phi) is 9.97. The maximum atomic E-state index is 6.36. The van der Waals surface area contributed by atoms with Crippen LogP contribution in [-0.2, 0) is 0 Å². The van der Waals surface area contributed by atoms with Gasteiger partial charge in [-0.15, -0.1) is 0 Å². The highest BCUT2D eigenvalue weighted by Gasteiger charge is 2.21. The molecule has 4 aromatic carbocycles. The second-order valence-corrected chi connectivity index (χ2v) is 12.3. The topological polar surface area (TPSA) is 24.1 Å². The SMILES string of the molecule is Clc1c(Cl)c(Cl)c(SNc2cccc3c(NSc4c(Cl)c(Cl)c(Cl)c(Cl)c4Cl)cccc23)c(Cl)c1Cl. The molecule has 2 nitrogen and oxygen atoms in total. The second-order valence-electron chi connectivity index (χ2n) is 6.91. The first kappa shape index (κ1) is 29.3. The van der Waals surface area contributed by atoms with Crippen LogP contribution in [0, 0.1) is 0 Å². The predicted molar refractivity (Wildman–Crippen MR) is 166 cm³/mol. The van der Waals surface area contributed by atoms with Crippen LogP contribution in [0.1, 0.15) is 0 Å². The Morgan fingerprint density at radius 3 is 0.972 bits per heavy atom. The van der Waals surface area contributed by atoms with Gasteiger partial charge in [0, 0.05) is 10.8 Å².